The number of carbonyl (C=O) groups is 2. The van der Waals surface area contributed by atoms with Crippen LogP contribution in [0.1, 0.15) is 43.2 Å². The van der Waals surface area contributed by atoms with Gasteiger partial charge in [-0.1, -0.05) is 13.8 Å². The summed E-state index contributed by atoms with van der Waals surface area (Å²) in [7, 11) is 0. The highest BCUT2D eigenvalue weighted by Crippen LogP contribution is 2.31. The van der Waals surface area contributed by atoms with Crippen LogP contribution in [0.2, 0.25) is 0 Å². The molecule has 0 bridgehead atoms. The Kier molecular flexibility index (Phi) is 6.40. The predicted molar refractivity (Wildman–Crippen MR) is 98.2 cm³/mol. The van der Waals surface area contributed by atoms with Crippen LogP contribution in [-0.2, 0) is 16.1 Å². The molecule has 0 spiro atoms. The Morgan fingerprint density at radius 3 is 2.65 bits per heavy atom. The number of hydrogen-bond acceptors (Lipinski definition) is 5. The van der Waals surface area contributed by atoms with Gasteiger partial charge in [0.25, 0.3) is 0 Å². The zero-order chi connectivity index (χ0) is 19.3. The van der Waals surface area contributed by atoms with Gasteiger partial charge >= 0.3 is 5.97 Å². The number of nitrogens with zero attached hydrogens (tertiary/aromatic N) is 2. The molecule has 0 aliphatic heterocycles. The van der Waals surface area contributed by atoms with Gasteiger partial charge in [-0.3, -0.25) is 4.79 Å². The molecular weight excluding hydrogens is 332 g/mol. The van der Waals surface area contributed by atoms with Crippen molar-refractivity contribution in [2.75, 3.05) is 13.2 Å². The fraction of sp³-hybridized carbons (Fsp3) is 0.450. The summed E-state index contributed by atoms with van der Waals surface area (Å²) >= 11 is 0. The van der Waals surface area contributed by atoms with Crippen LogP contribution < -0.4 is 4.74 Å². The molecule has 6 heteroatoms. The molecule has 0 unspecified atom stereocenters. The Hall–Kier alpha value is -2.81. The summed E-state index contributed by atoms with van der Waals surface area (Å²) in [6, 6.07) is 7.22. The fourth-order valence-electron chi connectivity index (χ4n) is 2.92. The molecule has 2 aromatic rings. The molecule has 0 saturated heterocycles. The molecule has 1 aromatic heterocycles. The van der Waals surface area contributed by atoms with E-state index in [-0.39, 0.29) is 24.8 Å². The van der Waals surface area contributed by atoms with Crippen LogP contribution in [0.15, 0.2) is 18.2 Å². The topological polar surface area (TPSA) is 81.3 Å². The average Bonchev–Trinajstić information content (AvgIpc) is 2.84. The highest BCUT2D eigenvalue weighted by atomic mass is 16.5. The molecule has 0 atom stereocenters. The summed E-state index contributed by atoms with van der Waals surface area (Å²) in [6.07, 6.45) is -0.180. The SMILES string of the molecule is CCOC(=O)c1c(C)n(CC(C)C)c2ccc(OCC(=O)CC#N)cc12. The van der Waals surface area contributed by atoms with Crippen molar-refractivity contribution >= 4 is 22.7 Å². The monoisotopic (exact) mass is 356 g/mol. The first kappa shape index (κ1) is 19.5. The third-order valence-corrected chi connectivity index (χ3v) is 4.00. The summed E-state index contributed by atoms with van der Waals surface area (Å²) < 4.78 is 12.8. The third kappa shape index (κ3) is 4.23. The summed E-state index contributed by atoms with van der Waals surface area (Å²) in [5.41, 5.74) is 2.30. The number of carbonyl (C=O) groups excluding carboxylic acids is 2. The van der Waals surface area contributed by atoms with Crippen molar-refractivity contribution in [3.63, 3.8) is 0 Å². The molecule has 0 aliphatic carbocycles. The molecule has 138 valence electrons. The second kappa shape index (κ2) is 8.52. The van der Waals surface area contributed by atoms with Gasteiger partial charge in [0.05, 0.1) is 24.7 Å². The maximum Gasteiger partial charge on any atom is 0.340 e. The van der Waals surface area contributed by atoms with Crippen LogP contribution in [0.3, 0.4) is 0 Å². The van der Waals surface area contributed by atoms with E-state index in [2.05, 4.69) is 18.4 Å². The van der Waals surface area contributed by atoms with Crippen LogP contribution in [0.5, 0.6) is 5.75 Å². The van der Waals surface area contributed by atoms with Crippen molar-refractivity contribution in [3.8, 4) is 11.8 Å². The van der Waals surface area contributed by atoms with Crippen LogP contribution in [-0.4, -0.2) is 29.5 Å². The van der Waals surface area contributed by atoms with Gasteiger partial charge in [-0.2, -0.15) is 5.26 Å². The Bertz CT molecular complexity index is 859. The van der Waals surface area contributed by atoms with Crippen molar-refractivity contribution in [1.82, 2.24) is 4.57 Å². The minimum atomic E-state index is -0.366. The van der Waals surface area contributed by atoms with Crippen molar-refractivity contribution in [3.05, 3.63) is 29.5 Å². The van der Waals surface area contributed by atoms with E-state index in [0.717, 1.165) is 23.1 Å². The third-order valence-electron chi connectivity index (χ3n) is 4.00. The van der Waals surface area contributed by atoms with Gasteiger partial charge < -0.3 is 14.0 Å². The lowest BCUT2D eigenvalue weighted by atomic mass is 10.1. The van der Waals surface area contributed by atoms with Crippen molar-refractivity contribution < 1.29 is 19.1 Å². The van der Waals surface area contributed by atoms with Gasteiger partial charge in [0, 0.05) is 23.1 Å². The first-order valence-electron chi connectivity index (χ1n) is 8.70. The van der Waals surface area contributed by atoms with Gasteiger partial charge in [-0.15, -0.1) is 0 Å². The minimum absolute atomic E-state index is 0.167. The first-order chi connectivity index (χ1) is 12.4. The zero-order valence-electron chi connectivity index (χ0n) is 15.7. The van der Waals surface area contributed by atoms with E-state index in [9.17, 15) is 9.59 Å². The number of nitriles is 1. The second-order valence-electron chi connectivity index (χ2n) is 6.53. The van der Waals surface area contributed by atoms with Crippen LogP contribution in [0.4, 0.5) is 0 Å². The smallest absolute Gasteiger partial charge is 0.340 e. The molecule has 2 rings (SSSR count). The summed E-state index contributed by atoms with van der Waals surface area (Å²) in [6.45, 7) is 8.83. The molecule has 1 heterocycles. The van der Waals surface area contributed by atoms with Gasteiger partial charge in [-0.05, 0) is 38.0 Å². The molecule has 0 aliphatic rings. The minimum Gasteiger partial charge on any atom is -0.486 e. The largest absolute Gasteiger partial charge is 0.486 e. The van der Waals surface area contributed by atoms with Crippen LogP contribution in [0, 0.1) is 24.2 Å². The van der Waals surface area contributed by atoms with Gasteiger partial charge in [-0.25, -0.2) is 4.79 Å². The van der Waals surface area contributed by atoms with Gasteiger partial charge in [0.1, 0.15) is 12.4 Å². The second-order valence-corrected chi connectivity index (χ2v) is 6.53. The molecule has 0 fully saturated rings. The van der Waals surface area contributed by atoms with Gasteiger partial charge in [0.2, 0.25) is 0 Å². The number of rotatable bonds is 8. The molecule has 26 heavy (non-hydrogen) atoms. The molecule has 0 radical (unpaired) electrons. The number of aromatic nitrogens is 1. The maximum absolute atomic E-state index is 12.5. The van der Waals surface area contributed by atoms with Crippen molar-refractivity contribution in [1.29, 1.82) is 5.26 Å². The molecule has 0 amide bonds. The number of fused-ring (bicyclic) bond motifs is 1. The van der Waals surface area contributed by atoms with E-state index in [0.29, 0.717) is 23.8 Å². The average molecular weight is 356 g/mol. The normalized spacial score (nSPS) is 10.8. The Morgan fingerprint density at radius 1 is 1.31 bits per heavy atom. The molecule has 6 nitrogen and oxygen atoms in total. The number of ether oxygens (including phenoxy) is 2. The number of benzene rings is 1. The lowest BCUT2D eigenvalue weighted by molar-refractivity contribution is -0.120. The summed E-state index contributed by atoms with van der Waals surface area (Å²) in [5, 5.41) is 9.29. The van der Waals surface area contributed by atoms with Crippen LogP contribution >= 0.6 is 0 Å². The molecule has 0 N–H and O–H groups in total. The zero-order valence-corrected chi connectivity index (χ0v) is 15.7. The predicted octanol–water partition coefficient (Wildman–Crippen LogP) is 3.64. The Morgan fingerprint density at radius 2 is 2.04 bits per heavy atom. The molecular formula is C20H24N2O4. The number of esters is 1. The van der Waals surface area contributed by atoms with E-state index in [1.54, 1.807) is 25.1 Å². The maximum atomic E-state index is 12.5. The lowest BCUT2D eigenvalue weighted by Gasteiger charge is -2.11. The number of Topliss-reactive ketones (excluding diaryl/α,β-unsaturated/α-hetero) is 1. The van der Waals surface area contributed by atoms with Crippen molar-refractivity contribution in [2.45, 2.75) is 40.7 Å². The lowest BCUT2D eigenvalue weighted by Crippen LogP contribution is -2.10. The number of ketones is 1. The van der Waals surface area contributed by atoms with Gasteiger partial charge in [0.15, 0.2) is 5.78 Å². The Balaban J connectivity index is 2.47. The van der Waals surface area contributed by atoms with Crippen LogP contribution in [0.25, 0.3) is 10.9 Å². The summed E-state index contributed by atoms with van der Waals surface area (Å²) in [4.78, 5) is 24.0. The standard InChI is InChI=1S/C20H24N2O4/c1-5-25-20(24)19-14(4)22(11-13(2)3)18-7-6-16(10-17(18)19)26-12-15(23)8-9-21/h6-7,10,13H,5,8,11-12H2,1-4H3. The highest BCUT2D eigenvalue weighted by molar-refractivity contribution is 6.06. The summed E-state index contributed by atoms with van der Waals surface area (Å²) in [5.74, 6) is 0.247. The highest BCUT2D eigenvalue weighted by Gasteiger charge is 2.22. The van der Waals surface area contributed by atoms with E-state index in [1.807, 2.05) is 13.0 Å². The fourth-order valence-corrected chi connectivity index (χ4v) is 2.92. The quantitative estimate of drug-likeness (QED) is 0.675. The Labute approximate surface area is 153 Å². The van der Waals surface area contributed by atoms with E-state index < -0.39 is 0 Å². The van der Waals surface area contributed by atoms with E-state index in [4.69, 9.17) is 14.7 Å². The first-order valence-corrected chi connectivity index (χ1v) is 8.70. The van der Waals surface area contributed by atoms with E-state index in [1.165, 1.54) is 0 Å². The van der Waals surface area contributed by atoms with Crippen molar-refractivity contribution in [2.24, 2.45) is 5.92 Å². The molecule has 0 saturated carbocycles. The van der Waals surface area contributed by atoms with E-state index >= 15 is 0 Å². The molecule has 1 aromatic carbocycles. The number of hydrogen-bond donors (Lipinski definition) is 0.